The predicted octanol–water partition coefficient (Wildman–Crippen LogP) is 1.65. The molecule has 0 aliphatic rings. The molecule has 0 heterocycles. The number of carbonyl (C=O) groups is 1. The second-order valence-corrected chi connectivity index (χ2v) is 2.89. The summed E-state index contributed by atoms with van der Waals surface area (Å²) in [7, 11) is 3.15. The van der Waals surface area contributed by atoms with E-state index in [1.807, 2.05) is 0 Å². The molecule has 0 amide bonds. The van der Waals surface area contributed by atoms with Crippen LogP contribution >= 0.6 is 0 Å². The molecule has 1 radical (unpaired) electrons. The highest BCUT2D eigenvalue weighted by Crippen LogP contribution is 2.24. The number of Topliss-reactive ketones (excluding diaryl/α,β-unsaturated/α-hetero) is 1. The SMILES string of the molecule is [CH2]C(=O)Cc1ccc(OC)cc1OC. The van der Waals surface area contributed by atoms with Crippen LogP contribution in [0.15, 0.2) is 18.2 Å². The molecule has 0 unspecified atom stereocenters. The number of carbonyl (C=O) groups excluding carboxylic acids is 1. The minimum atomic E-state index is -0.131. The van der Waals surface area contributed by atoms with Gasteiger partial charge in [0.2, 0.25) is 0 Å². The fourth-order valence-corrected chi connectivity index (χ4v) is 1.21. The molecule has 0 atom stereocenters. The van der Waals surface area contributed by atoms with Gasteiger partial charge in [0.25, 0.3) is 0 Å². The lowest BCUT2D eigenvalue weighted by Gasteiger charge is -2.08. The van der Waals surface area contributed by atoms with Crippen molar-refractivity contribution in [3.63, 3.8) is 0 Å². The molecule has 0 saturated heterocycles. The number of rotatable bonds is 4. The zero-order chi connectivity index (χ0) is 10.6. The summed E-state index contributed by atoms with van der Waals surface area (Å²) in [6, 6.07) is 5.35. The molecule has 75 valence electrons. The first-order chi connectivity index (χ1) is 6.67. The van der Waals surface area contributed by atoms with Crippen LogP contribution in [-0.4, -0.2) is 20.0 Å². The summed E-state index contributed by atoms with van der Waals surface area (Å²) in [4.78, 5) is 10.8. The summed E-state index contributed by atoms with van der Waals surface area (Å²) in [6.45, 7) is 3.33. The Kier molecular flexibility index (Phi) is 3.51. The van der Waals surface area contributed by atoms with Crippen LogP contribution in [0.3, 0.4) is 0 Å². The van der Waals surface area contributed by atoms with Gasteiger partial charge in [-0.2, -0.15) is 0 Å². The quantitative estimate of drug-likeness (QED) is 0.729. The standard InChI is InChI=1S/C11H13O3/c1-8(12)6-9-4-5-10(13-2)7-11(9)14-3/h4-5,7H,1,6H2,2-3H3. The molecule has 3 nitrogen and oxygen atoms in total. The number of ether oxygens (including phenoxy) is 2. The fourth-order valence-electron chi connectivity index (χ4n) is 1.21. The number of hydrogen-bond donors (Lipinski definition) is 0. The second kappa shape index (κ2) is 4.65. The lowest BCUT2D eigenvalue weighted by molar-refractivity contribution is -0.114. The van der Waals surface area contributed by atoms with Crippen molar-refractivity contribution in [2.45, 2.75) is 6.42 Å². The third-order valence-corrected chi connectivity index (χ3v) is 1.88. The molecule has 0 aliphatic heterocycles. The van der Waals surface area contributed by atoms with Gasteiger partial charge in [-0.05, 0) is 6.07 Å². The summed E-state index contributed by atoms with van der Waals surface area (Å²) >= 11 is 0. The lowest BCUT2D eigenvalue weighted by Crippen LogP contribution is -2.00. The Balaban J connectivity index is 2.98. The maximum atomic E-state index is 10.8. The molecule has 1 rings (SSSR count). The molecule has 3 heteroatoms. The summed E-state index contributed by atoms with van der Waals surface area (Å²) in [6.07, 6.45) is 0.285. The Morgan fingerprint density at radius 1 is 1.36 bits per heavy atom. The summed E-state index contributed by atoms with van der Waals surface area (Å²) in [5, 5.41) is 0. The smallest absolute Gasteiger partial charge is 0.137 e. The Morgan fingerprint density at radius 2 is 2.07 bits per heavy atom. The molecular formula is C11H13O3. The van der Waals surface area contributed by atoms with Gasteiger partial charge in [0, 0.05) is 25.0 Å². The highest BCUT2D eigenvalue weighted by atomic mass is 16.5. The van der Waals surface area contributed by atoms with Crippen LogP contribution < -0.4 is 9.47 Å². The Bertz CT molecular complexity index is 331. The Labute approximate surface area is 83.6 Å². The van der Waals surface area contributed by atoms with Crippen molar-refractivity contribution in [2.75, 3.05) is 14.2 Å². The maximum Gasteiger partial charge on any atom is 0.137 e. The van der Waals surface area contributed by atoms with Crippen LogP contribution in [0.25, 0.3) is 0 Å². The zero-order valence-electron chi connectivity index (χ0n) is 8.37. The van der Waals surface area contributed by atoms with Crippen molar-refractivity contribution in [1.29, 1.82) is 0 Å². The van der Waals surface area contributed by atoms with Crippen molar-refractivity contribution < 1.29 is 14.3 Å². The average molecular weight is 193 g/mol. The summed E-state index contributed by atoms with van der Waals surface area (Å²) in [5.74, 6) is 1.23. The van der Waals surface area contributed by atoms with E-state index in [2.05, 4.69) is 6.92 Å². The van der Waals surface area contributed by atoms with Gasteiger partial charge in [0.15, 0.2) is 0 Å². The molecule has 0 aromatic heterocycles. The molecule has 0 bridgehead atoms. The van der Waals surface area contributed by atoms with E-state index in [0.29, 0.717) is 11.5 Å². The Hall–Kier alpha value is -1.51. The number of benzene rings is 1. The van der Waals surface area contributed by atoms with Gasteiger partial charge in [0.1, 0.15) is 17.3 Å². The van der Waals surface area contributed by atoms with E-state index in [0.717, 1.165) is 5.56 Å². The van der Waals surface area contributed by atoms with Gasteiger partial charge in [-0.15, -0.1) is 0 Å². The van der Waals surface area contributed by atoms with Crippen LogP contribution in [0.4, 0.5) is 0 Å². The summed E-state index contributed by atoms with van der Waals surface area (Å²) < 4.78 is 10.2. The third kappa shape index (κ3) is 2.49. The zero-order valence-corrected chi connectivity index (χ0v) is 8.37. The number of hydrogen-bond acceptors (Lipinski definition) is 3. The topological polar surface area (TPSA) is 35.5 Å². The first-order valence-corrected chi connectivity index (χ1v) is 4.23. The van der Waals surface area contributed by atoms with E-state index in [1.165, 1.54) is 0 Å². The van der Waals surface area contributed by atoms with Gasteiger partial charge >= 0.3 is 0 Å². The molecule has 0 spiro atoms. The highest BCUT2D eigenvalue weighted by molar-refractivity contribution is 5.85. The van der Waals surface area contributed by atoms with Crippen LogP contribution in [0.1, 0.15) is 5.56 Å². The predicted molar refractivity (Wildman–Crippen MR) is 53.6 cm³/mol. The number of ketones is 1. The second-order valence-electron chi connectivity index (χ2n) is 2.89. The van der Waals surface area contributed by atoms with Crippen molar-refractivity contribution in [3.05, 3.63) is 30.7 Å². The molecule has 0 N–H and O–H groups in total. The van der Waals surface area contributed by atoms with Crippen LogP contribution in [-0.2, 0) is 11.2 Å². The highest BCUT2D eigenvalue weighted by Gasteiger charge is 2.06. The van der Waals surface area contributed by atoms with Gasteiger partial charge < -0.3 is 9.47 Å². The van der Waals surface area contributed by atoms with E-state index in [1.54, 1.807) is 32.4 Å². The normalized spacial score (nSPS) is 9.64. The molecular weight excluding hydrogens is 180 g/mol. The fraction of sp³-hybridized carbons (Fsp3) is 0.273. The van der Waals surface area contributed by atoms with Crippen molar-refractivity contribution in [2.24, 2.45) is 0 Å². The molecule has 0 saturated carbocycles. The third-order valence-electron chi connectivity index (χ3n) is 1.88. The minimum Gasteiger partial charge on any atom is -0.497 e. The first-order valence-electron chi connectivity index (χ1n) is 4.23. The average Bonchev–Trinajstić information content (AvgIpc) is 2.17. The Morgan fingerprint density at radius 3 is 2.57 bits per heavy atom. The molecule has 0 aliphatic carbocycles. The molecule has 1 aromatic rings. The van der Waals surface area contributed by atoms with Gasteiger partial charge in [-0.3, -0.25) is 4.79 Å². The van der Waals surface area contributed by atoms with Crippen LogP contribution in [0.2, 0.25) is 0 Å². The van der Waals surface area contributed by atoms with Crippen LogP contribution in [0.5, 0.6) is 11.5 Å². The maximum absolute atomic E-state index is 10.8. The van der Waals surface area contributed by atoms with E-state index >= 15 is 0 Å². The first kappa shape index (κ1) is 10.6. The molecule has 0 fully saturated rings. The van der Waals surface area contributed by atoms with Gasteiger partial charge in [-0.25, -0.2) is 0 Å². The minimum absolute atomic E-state index is 0.131. The van der Waals surface area contributed by atoms with E-state index < -0.39 is 0 Å². The van der Waals surface area contributed by atoms with Crippen molar-refractivity contribution >= 4 is 5.78 Å². The van der Waals surface area contributed by atoms with Gasteiger partial charge in [-0.1, -0.05) is 6.07 Å². The van der Waals surface area contributed by atoms with Crippen LogP contribution in [0, 0.1) is 6.92 Å². The number of methoxy groups -OCH3 is 2. The van der Waals surface area contributed by atoms with Crippen molar-refractivity contribution in [1.82, 2.24) is 0 Å². The monoisotopic (exact) mass is 193 g/mol. The lowest BCUT2D eigenvalue weighted by atomic mass is 10.1. The summed E-state index contributed by atoms with van der Waals surface area (Å²) in [5.41, 5.74) is 0.827. The molecule has 1 aromatic carbocycles. The van der Waals surface area contributed by atoms with E-state index in [4.69, 9.17) is 9.47 Å². The van der Waals surface area contributed by atoms with Gasteiger partial charge in [0.05, 0.1) is 14.2 Å². The van der Waals surface area contributed by atoms with E-state index in [9.17, 15) is 4.79 Å². The van der Waals surface area contributed by atoms with E-state index in [-0.39, 0.29) is 12.2 Å². The van der Waals surface area contributed by atoms with Crippen molar-refractivity contribution in [3.8, 4) is 11.5 Å². The molecule has 14 heavy (non-hydrogen) atoms. The largest absolute Gasteiger partial charge is 0.497 e.